The molecule has 0 aromatic heterocycles. The number of para-hydroxylation sites is 1. The summed E-state index contributed by atoms with van der Waals surface area (Å²) in [6.07, 6.45) is 3.96. The third-order valence-corrected chi connectivity index (χ3v) is 7.93. The first-order chi connectivity index (χ1) is 18.6. The Bertz CT molecular complexity index is 1190. The van der Waals surface area contributed by atoms with Crippen LogP contribution in [-0.2, 0) is 4.79 Å². The Morgan fingerprint density at radius 3 is 2.05 bits per heavy atom. The van der Waals surface area contributed by atoms with Gasteiger partial charge in [0.15, 0.2) is 0 Å². The number of likely N-dealkylation sites (tertiary alicyclic amines) is 2. The van der Waals surface area contributed by atoms with E-state index in [-0.39, 0.29) is 11.8 Å². The van der Waals surface area contributed by atoms with Crippen LogP contribution >= 0.6 is 0 Å². The van der Waals surface area contributed by atoms with Gasteiger partial charge in [-0.3, -0.25) is 9.59 Å². The van der Waals surface area contributed by atoms with Gasteiger partial charge in [0.2, 0.25) is 5.91 Å². The molecule has 0 aliphatic carbocycles. The van der Waals surface area contributed by atoms with Gasteiger partial charge in [-0.2, -0.15) is 0 Å². The number of nitrogens with zero attached hydrogens (tertiary/aromatic N) is 2. The summed E-state index contributed by atoms with van der Waals surface area (Å²) in [5.41, 5.74) is 2.62. The molecule has 0 unspecified atom stereocenters. The summed E-state index contributed by atoms with van der Waals surface area (Å²) in [7, 11) is 0. The van der Waals surface area contributed by atoms with Crippen LogP contribution in [0, 0.1) is 5.92 Å². The van der Waals surface area contributed by atoms with Crippen molar-refractivity contribution >= 4 is 17.5 Å². The van der Waals surface area contributed by atoms with Crippen LogP contribution in [0.5, 0.6) is 11.5 Å². The fraction of sp³-hybridized carbons (Fsp3) is 0.375. The molecule has 198 valence electrons. The minimum Gasteiger partial charge on any atom is -0.457 e. The molecule has 0 saturated carbocycles. The van der Waals surface area contributed by atoms with Crippen molar-refractivity contribution < 1.29 is 14.3 Å². The maximum atomic E-state index is 13.0. The number of piperidine rings is 2. The Morgan fingerprint density at radius 2 is 1.42 bits per heavy atom. The average molecular weight is 512 g/mol. The lowest BCUT2D eigenvalue weighted by Crippen LogP contribution is -2.45. The molecule has 0 bridgehead atoms. The molecule has 2 amide bonds. The first-order valence-corrected chi connectivity index (χ1v) is 13.8. The van der Waals surface area contributed by atoms with Gasteiger partial charge < -0.3 is 19.9 Å². The van der Waals surface area contributed by atoms with Gasteiger partial charge in [-0.05, 0) is 105 Å². The second kappa shape index (κ2) is 12.3. The molecule has 0 spiro atoms. The van der Waals surface area contributed by atoms with Gasteiger partial charge in [-0.15, -0.1) is 0 Å². The quantitative estimate of drug-likeness (QED) is 0.412. The molecule has 0 radical (unpaired) electrons. The molecule has 2 aliphatic rings. The van der Waals surface area contributed by atoms with Gasteiger partial charge in [0.05, 0.1) is 0 Å². The van der Waals surface area contributed by atoms with Crippen molar-refractivity contribution in [2.24, 2.45) is 5.92 Å². The smallest absolute Gasteiger partial charge is 0.255 e. The molecule has 0 atom stereocenters. The lowest BCUT2D eigenvalue weighted by atomic mass is 9.88. The van der Waals surface area contributed by atoms with Crippen molar-refractivity contribution in [3.63, 3.8) is 0 Å². The fourth-order valence-corrected chi connectivity index (χ4v) is 5.53. The van der Waals surface area contributed by atoms with Crippen LogP contribution in [0.15, 0.2) is 78.9 Å². The zero-order valence-corrected chi connectivity index (χ0v) is 22.1. The third-order valence-electron chi connectivity index (χ3n) is 7.93. The number of hydrogen-bond acceptors (Lipinski definition) is 4. The molecule has 5 rings (SSSR count). The van der Waals surface area contributed by atoms with Gasteiger partial charge >= 0.3 is 0 Å². The SMILES string of the molecule is CCN1CCC(C(=O)N2CCC(c3ccc(NC(=O)c4ccc(Oc5ccccc5)cc4)cc3)CC2)CC1. The molecule has 3 aromatic rings. The van der Waals surface area contributed by atoms with E-state index in [2.05, 4.69) is 34.2 Å². The number of ether oxygens (including phenoxy) is 1. The zero-order valence-electron chi connectivity index (χ0n) is 22.1. The van der Waals surface area contributed by atoms with Crippen molar-refractivity contribution in [3.05, 3.63) is 90.0 Å². The minimum atomic E-state index is -0.152. The lowest BCUT2D eigenvalue weighted by molar-refractivity contribution is -0.138. The number of nitrogens with one attached hydrogen (secondary N) is 1. The highest BCUT2D eigenvalue weighted by molar-refractivity contribution is 6.04. The van der Waals surface area contributed by atoms with Crippen molar-refractivity contribution in [3.8, 4) is 11.5 Å². The number of benzene rings is 3. The highest BCUT2D eigenvalue weighted by atomic mass is 16.5. The molecular formula is C32H37N3O3. The summed E-state index contributed by atoms with van der Waals surface area (Å²) in [5.74, 6) is 2.30. The van der Waals surface area contributed by atoms with Gasteiger partial charge in [0, 0.05) is 30.3 Å². The van der Waals surface area contributed by atoms with E-state index in [9.17, 15) is 9.59 Å². The maximum Gasteiger partial charge on any atom is 0.255 e. The summed E-state index contributed by atoms with van der Waals surface area (Å²) < 4.78 is 5.81. The summed E-state index contributed by atoms with van der Waals surface area (Å²) in [6, 6.07) is 24.9. The number of rotatable bonds is 7. The summed E-state index contributed by atoms with van der Waals surface area (Å²) in [4.78, 5) is 30.3. The molecule has 3 aromatic carbocycles. The minimum absolute atomic E-state index is 0.152. The number of amides is 2. The van der Waals surface area contributed by atoms with Crippen molar-refractivity contribution in [1.29, 1.82) is 0 Å². The Labute approximate surface area is 225 Å². The zero-order chi connectivity index (χ0) is 26.3. The Morgan fingerprint density at radius 1 is 0.789 bits per heavy atom. The molecule has 2 fully saturated rings. The van der Waals surface area contributed by atoms with E-state index in [1.807, 2.05) is 42.5 Å². The number of anilines is 1. The van der Waals surface area contributed by atoms with Crippen LogP contribution in [0.25, 0.3) is 0 Å². The average Bonchev–Trinajstić information content (AvgIpc) is 2.98. The number of hydrogen-bond donors (Lipinski definition) is 1. The van der Waals surface area contributed by atoms with Crippen molar-refractivity contribution in [2.75, 3.05) is 38.0 Å². The summed E-state index contributed by atoms with van der Waals surface area (Å²) in [6.45, 7) is 7.02. The Kier molecular flexibility index (Phi) is 8.39. The third kappa shape index (κ3) is 6.43. The second-order valence-corrected chi connectivity index (χ2v) is 10.3. The summed E-state index contributed by atoms with van der Waals surface area (Å²) in [5, 5.41) is 2.99. The van der Waals surface area contributed by atoms with E-state index in [1.54, 1.807) is 24.3 Å². The molecule has 1 N–H and O–H groups in total. The van der Waals surface area contributed by atoms with Crippen molar-refractivity contribution in [1.82, 2.24) is 9.80 Å². The predicted octanol–water partition coefficient (Wildman–Crippen LogP) is 6.17. The van der Waals surface area contributed by atoms with Gasteiger partial charge in [-0.1, -0.05) is 37.3 Å². The normalized spacial score (nSPS) is 17.2. The maximum absolute atomic E-state index is 13.0. The van der Waals surface area contributed by atoms with Gasteiger partial charge in [0.1, 0.15) is 11.5 Å². The van der Waals surface area contributed by atoms with Crippen LogP contribution in [0.1, 0.15) is 54.4 Å². The first kappa shape index (κ1) is 26.0. The predicted molar refractivity (Wildman–Crippen MR) is 151 cm³/mol. The van der Waals surface area contributed by atoms with E-state index < -0.39 is 0 Å². The highest BCUT2D eigenvalue weighted by Gasteiger charge is 2.30. The summed E-state index contributed by atoms with van der Waals surface area (Å²) >= 11 is 0. The van der Waals surface area contributed by atoms with Crippen LogP contribution < -0.4 is 10.1 Å². The molecule has 6 heteroatoms. The molecule has 6 nitrogen and oxygen atoms in total. The van der Waals surface area contributed by atoms with Crippen molar-refractivity contribution in [2.45, 2.75) is 38.5 Å². The number of carbonyl (C=O) groups excluding carboxylic acids is 2. The van der Waals surface area contributed by atoms with E-state index in [4.69, 9.17) is 4.74 Å². The van der Waals surface area contributed by atoms with Gasteiger partial charge in [0.25, 0.3) is 5.91 Å². The topological polar surface area (TPSA) is 61.9 Å². The Hall–Kier alpha value is -3.64. The van der Waals surface area contributed by atoms with Gasteiger partial charge in [-0.25, -0.2) is 0 Å². The number of carbonyl (C=O) groups is 2. The highest BCUT2D eigenvalue weighted by Crippen LogP contribution is 2.31. The fourth-order valence-electron chi connectivity index (χ4n) is 5.53. The standard InChI is InChI=1S/C32H37N3O3/c1-2-34-20-16-27(17-21-34)32(37)35-22-18-25(19-23-35)24-8-12-28(13-9-24)33-31(36)26-10-14-30(15-11-26)38-29-6-4-3-5-7-29/h3-15,25,27H,2,16-23H2,1H3,(H,33,36). The van der Waals surface area contributed by atoms with Crippen LogP contribution in [0.3, 0.4) is 0 Å². The molecule has 38 heavy (non-hydrogen) atoms. The molecule has 2 saturated heterocycles. The largest absolute Gasteiger partial charge is 0.457 e. The second-order valence-electron chi connectivity index (χ2n) is 10.3. The van der Waals surface area contributed by atoms with Crippen LogP contribution in [0.2, 0.25) is 0 Å². The molecular weight excluding hydrogens is 474 g/mol. The van der Waals surface area contributed by atoms with Crippen LogP contribution in [0.4, 0.5) is 5.69 Å². The Balaban J connectivity index is 1.09. The van der Waals surface area contributed by atoms with E-state index >= 15 is 0 Å². The monoisotopic (exact) mass is 511 g/mol. The first-order valence-electron chi connectivity index (χ1n) is 13.8. The molecule has 2 aliphatic heterocycles. The van der Waals surface area contributed by atoms with E-state index in [0.29, 0.717) is 23.1 Å². The van der Waals surface area contributed by atoms with E-state index in [1.165, 1.54) is 5.56 Å². The van der Waals surface area contributed by atoms with E-state index in [0.717, 1.165) is 69.8 Å². The van der Waals surface area contributed by atoms with Crippen LogP contribution in [-0.4, -0.2) is 54.3 Å². The lowest BCUT2D eigenvalue weighted by Gasteiger charge is -2.37. The molecule has 2 heterocycles.